The lowest BCUT2D eigenvalue weighted by Crippen LogP contribution is -2.48. The van der Waals surface area contributed by atoms with Gasteiger partial charge in [0.15, 0.2) is 0 Å². The van der Waals surface area contributed by atoms with Crippen LogP contribution in [0, 0.1) is 0 Å². The SMILES string of the molecule is CC(=O)N1CCN(c2cnc(CN)cn2)CC1. The second-order valence-electron chi connectivity index (χ2n) is 4.06. The Morgan fingerprint density at radius 3 is 2.47 bits per heavy atom. The van der Waals surface area contributed by atoms with Crippen molar-refractivity contribution in [2.45, 2.75) is 13.5 Å². The van der Waals surface area contributed by atoms with Crippen LogP contribution >= 0.6 is 0 Å². The summed E-state index contributed by atoms with van der Waals surface area (Å²) in [5, 5.41) is 0. The summed E-state index contributed by atoms with van der Waals surface area (Å²) < 4.78 is 0. The predicted octanol–water partition coefficient (Wildman–Crippen LogP) is -0.396. The highest BCUT2D eigenvalue weighted by molar-refractivity contribution is 5.73. The molecule has 2 N–H and O–H groups in total. The average molecular weight is 235 g/mol. The largest absolute Gasteiger partial charge is 0.352 e. The first-order chi connectivity index (χ1) is 8.20. The number of carbonyl (C=O) groups is 1. The molecule has 0 atom stereocenters. The average Bonchev–Trinajstić information content (AvgIpc) is 2.39. The van der Waals surface area contributed by atoms with Crippen molar-refractivity contribution in [3.63, 3.8) is 0 Å². The van der Waals surface area contributed by atoms with Crippen molar-refractivity contribution >= 4 is 11.7 Å². The number of nitrogens with two attached hydrogens (primary N) is 1. The Hall–Kier alpha value is -1.69. The molecule has 1 fully saturated rings. The van der Waals surface area contributed by atoms with Crippen LogP contribution in [-0.4, -0.2) is 47.0 Å². The highest BCUT2D eigenvalue weighted by atomic mass is 16.2. The van der Waals surface area contributed by atoms with Gasteiger partial charge in [-0.15, -0.1) is 0 Å². The predicted molar refractivity (Wildman–Crippen MR) is 64.4 cm³/mol. The van der Waals surface area contributed by atoms with E-state index in [2.05, 4.69) is 14.9 Å². The Kier molecular flexibility index (Phi) is 3.53. The molecule has 2 rings (SSSR count). The highest BCUT2D eigenvalue weighted by Gasteiger charge is 2.19. The number of rotatable bonds is 2. The number of hydrogen-bond acceptors (Lipinski definition) is 5. The van der Waals surface area contributed by atoms with E-state index in [-0.39, 0.29) is 5.91 Å². The van der Waals surface area contributed by atoms with Gasteiger partial charge >= 0.3 is 0 Å². The minimum absolute atomic E-state index is 0.134. The van der Waals surface area contributed by atoms with Gasteiger partial charge in [0.1, 0.15) is 5.82 Å². The van der Waals surface area contributed by atoms with Gasteiger partial charge in [-0.25, -0.2) is 4.98 Å². The number of carbonyl (C=O) groups excluding carboxylic acids is 1. The van der Waals surface area contributed by atoms with Gasteiger partial charge in [0.05, 0.1) is 18.1 Å². The quantitative estimate of drug-likeness (QED) is 0.755. The van der Waals surface area contributed by atoms with E-state index in [9.17, 15) is 4.79 Å². The number of aromatic nitrogens is 2. The van der Waals surface area contributed by atoms with Crippen molar-refractivity contribution in [3.05, 3.63) is 18.1 Å². The molecule has 17 heavy (non-hydrogen) atoms. The number of anilines is 1. The van der Waals surface area contributed by atoms with Gasteiger partial charge in [0.2, 0.25) is 5.91 Å². The van der Waals surface area contributed by atoms with Crippen molar-refractivity contribution in [2.24, 2.45) is 5.73 Å². The summed E-state index contributed by atoms with van der Waals surface area (Å²) in [5.74, 6) is 0.986. The monoisotopic (exact) mass is 235 g/mol. The number of amides is 1. The molecule has 6 nitrogen and oxygen atoms in total. The van der Waals surface area contributed by atoms with E-state index in [0.29, 0.717) is 6.54 Å². The zero-order chi connectivity index (χ0) is 12.3. The smallest absolute Gasteiger partial charge is 0.219 e. The van der Waals surface area contributed by atoms with Crippen LogP contribution in [0.1, 0.15) is 12.6 Å². The Labute approximate surface area is 100 Å². The minimum atomic E-state index is 0.134. The summed E-state index contributed by atoms with van der Waals surface area (Å²) >= 11 is 0. The lowest BCUT2D eigenvalue weighted by atomic mass is 10.3. The first kappa shape index (κ1) is 11.8. The van der Waals surface area contributed by atoms with Crippen molar-refractivity contribution in [3.8, 4) is 0 Å². The second kappa shape index (κ2) is 5.09. The van der Waals surface area contributed by atoms with Crippen LogP contribution in [0.4, 0.5) is 5.82 Å². The zero-order valence-corrected chi connectivity index (χ0v) is 9.96. The molecule has 0 unspecified atom stereocenters. The second-order valence-corrected chi connectivity index (χ2v) is 4.06. The maximum absolute atomic E-state index is 11.2. The van der Waals surface area contributed by atoms with Gasteiger partial charge < -0.3 is 15.5 Å². The lowest BCUT2D eigenvalue weighted by molar-refractivity contribution is -0.129. The third kappa shape index (κ3) is 2.71. The first-order valence-electron chi connectivity index (χ1n) is 5.72. The van der Waals surface area contributed by atoms with Gasteiger partial charge in [-0.3, -0.25) is 9.78 Å². The molecule has 0 aliphatic carbocycles. The third-order valence-electron chi connectivity index (χ3n) is 2.95. The van der Waals surface area contributed by atoms with Crippen LogP contribution in [0.2, 0.25) is 0 Å². The zero-order valence-electron chi connectivity index (χ0n) is 9.96. The third-order valence-corrected chi connectivity index (χ3v) is 2.95. The summed E-state index contributed by atoms with van der Waals surface area (Å²) in [6.45, 7) is 5.11. The van der Waals surface area contributed by atoms with Gasteiger partial charge in [-0.2, -0.15) is 0 Å². The highest BCUT2D eigenvalue weighted by Crippen LogP contribution is 2.12. The maximum atomic E-state index is 11.2. The molecular formula is C11H17N5O. The Balaban J connectivity index is 1.97. The van der Waals surface area contributed by atoms with Crippen LogP contribution in [0.3, 0.4) is 0 Å². The molecule has 1 amide bonds. The van der Waals surface area contributed by atoms with Gasteiger partial charge in [-0.1, -0.05) is 0 Å². The lowest BCUT2D eigenvalue weighted by Gasteiger charge is -2.34. The normalized spacial score (nSPS) is 16.1. The number of hydrogen-bond donors (Lipinski definition) is 1. The van der Waals surface area contributed by atoms with Crippen molar-refractivity contribution in [1.29, 1.82) is 0 Å². The first-order valence-corrected chi connectivity index (χ1v) is 5.72. The Bertz CT molecular complexity index is 383. The molecule has 0 radical (unpaired) electrons. The Morgan fingerprint density at radius 1 is 1.29 bits per heavy atom. The van der Waals surface area contributed by atoms with E-state index < -0.39 is 0 Å². The van der Waals surface area contributed by atoms with Crippen LogP contribution in [0.5, 0.6) is 0 Å². The topological polar surface area (TPSA) is 75.4 Å². The van der Waals surface area contributed by atoms with E-state index in [1.165, 1.54) is 0 Å². The van der Waals surface area contributed by atoms with E-state index in [0.717, 1.165) is 37.7 Å². The molecule has 1 aliphatic heterocycles. The molecule has 1 aromatic heterocycles. The van der Waals surface area contributed by atoms with Gasteiger partial charge in [-0.05, 0) is 0 Å². The molecular weight excluding hydrogens is 218 g/mol. The fraction of sp³-hybridized carbons (Fsp3) is 0.545. The van der Waals surface area contributed by atoms with Gasteiger partial charge in [0, 0.05) is 39.6 Å². The van der Waals surface area contributed by atoms with E-state index in [1.807, 2.05) is 4.90 Å². The van der Waals surface area contributed by atoms with Crippen LogP contribution < -0.4 is 10.6 Å². The van der Waals surface area contributed by atoms with Crippen LogP contribution in [0.15, 0.2) is 12.4 Å². The molecule has 2 heterocycles. The molecule has 1 aromatic rings. The molecule has 0 bridgehead atoms. The summed E-state index contributed by atoms with van der Waals surface area (Å²) in [7, 11) is 0. The molecule has 1 saturated heterocycles. The summed E-state index contributed by atoms with van der Waals surface area (Å²) in [6, 6.07) is 0. The van der Waals surface area contributed by atoms with Crippen molar-refractivity contribution in [1.82, 2.24) is 14.9 Å². The molecule has 6 heteroatoms. The van der Waals surface area contributed by atoms with E-state index >= 15 is 0 Å². The summed E-state index contributed by atoms with van der Waals surface area (Å²) in [6.07, 6.45) is 3.44. The Morgan fingerprint density at radius 2 is 2.00 bits per heavy atom. The minimum Gasteiger partial charge on any atom is -0.352 e. The summed E-state index contributed by atoms with van der Waals surface area (Å²) in [5.41, 5.74) is 6.26. The molecule has 0 aromatic carbocycles. The standard InChI is InChI=1S/C11H17N5O/c1-9(17)15-2-4-16(5-3-15)11-8-13-10(6-12)7-14-11/h7-8H,2-6,12H2,1H3. The fourth-order valence-corrected chi connectivity index (χ4v) is 1.87. The number of nitrogens with zero attached hydrogens (tertiary/aromatic N) is 4. The number of piperazine rings is 1. The van der Waals surface area contributed by atoms with E-state index in [1.54, 1.807) is 19.3 Å². The molecule has 0 saturated carbocycles. The van der Waals surface area contributed by atoms with Crippen LogP contribution in [-0.2, 0) is 11.3 Å². The van der Waals surface area contributed by atoms with Crippen LogP contribution in [0.25, 0.3) is 0 Å². The fourth-order valence-electron chi connectivity index (χ4n) is 1.87. The van der Waals surface area contributed by atoms with Crippen molar-refractivity contribution in [2.75, 3.05) is 31.1 Å². The molecule has 0 spiro atoms. The summed E-state index contributed by atoms with van der Waals surface area (Å²) in [4.78, 5) is 23.7. The van der Waals surface area contributed by atoms with E-state index in [4.69, 9.17) is 5.73 Å². The molecule has 1 aliphatic rings. The van der Waals surface area contributed by atoms with Crippen molar-refractivity contribution < 1.29 is 4.79 Å². The maximum Gasteiger partial charge on any atom is 0.219 e. The molecule has 92 valence electrons. The van der Waals surface area contributed by atoms with Gasteiger partial charge in [0.25, 0.3) is 0 Å².